The second-order valence-electron chi connectivity index (χ2n) is 8.06. The number of hydrogen-bond acceptors (Lipinski definition) is 8. The third-order valence-electron chi connectivity index (χ3n) is 5.85. The molecule has 1 unspecified atom stereocenters. The molecule has 0 aliphatic carbocycles. The molecule has 1 aliphatic rings. The van der Waals surface area contributed by atoms with Crippen LogP contribution in [-0.2, 0) is 9.53 Å². The van der Waals surface area contributed by atoms with E-state index >= 15 is 0 Å². The zero-order chi connectivity index (χ0) is 26.5. The summed E-state index contributed by atoms with van der Waals surface area (Å²) in [6, 6.07) is 12.5. The maximum absolute atomic E-state index is 13.7. The summed E-state index contributed by atoms with van der Waals surface area (Å²) in [6.45, 7) is 3.71. The Morgan fingerprint density at radius 1 is 1.05 bits per heavy atom. The van der Waals surface area contributed by atoms with Crippen molar-refractivity contribution in [3.8, 4) is 17.2 Å². The van der Waals surface area contributed by atoms with Crippen molar-refractivity contribution in [3.63, 3.8) is 0 Å². The first-order chi connectivity index (χ1) is 17.9. The fourth-order valence-electron chi connectivity index (χ4n) is 4.09. The summed E-state index contributed by atoms with van der Waals surface area (Å²) in [7, 11) is 4.63. The number of allylic oxidation sites excluding steroid dienone is 2. The molecular formula is C28H28N2O6S. The van der Waals surface area contributed by atoms with Gasteiger partial charge in [-0.3, -0.25) is 9.36 Å². The van der Waals surface area contributed by atoms with Crippen molar-refractivity contribution in [1.82, 2.24) is 4.57 Å². The first-order valence-corrected chi connectivity index (χ1v) is 12.5. The number of thiazole rings is 1. The molecule has 2 heterocycles. The van der Waals surface area contributed by atoms with Gasteiger partial charge in [0.1, 0.15) is 5.75 Å². The van der Waals surface area contributed by atoms with E-state index in [1.54, 1.807) is 53.4 Å². The van der Waals surface area contributed by atoms with E-state index < -0.39 is 12.0 Å². The Hall–Kier alpha value is -4.11. The summed E-state index contributed by atoms with van der Waals surface area (Å²) < 4.78 is 23.6. The molecule has 0 amide bonds. The van der Waals surface area contributed by atoms with Gasteiger partial charge in [-0.15, -0.1) is 0 Å². The molecule has 0 saturated heterocycles. The number of methoxy groups -OCH3 is 3. The Morgan fingerprint density at radius 3 is 2.38 bits per heavy atom. The van der Waals surface area contributed by atoms with Crippen LogP contribution in [0.25, 0.3) is 12.2 Å². The molecule has 8 nitrogen and oxygen atoms in total. The van der Waals surface area contributed by atoms with Crippen molar-refractivity contribution in [2.45, 2.75) is 19.9 Å². The number of carbonyl (C=O) groups is 1. The smallest absolute Gasteiger partial charge is 0.338 e. The van der Waals surface area contributed by atoms with Gasteiger partial charge >= 0.3 is 5.97 Å². The molecule has 0 bridgehead atoms. The Morgan fingerprint density at radius 2 is 1.73 bits per heavy atom. The maximum atomic E-state index is 13.7. The molecule has 3 aromatic rings. The van der Waals surface area contributed by atoms with E-state index in [0.717, 1.165) is 5.56 Å². The SMILES string of the molecule is CCOC(=O)C1=C(C)N=c2s/c(=C\c3cc(OC)c(OC)cc3OC)c(=O)n2C1/C=C/c1ccccc1. The molecule has 0 radical (unpaired) electrons. The highest BCUT2D eigenvalue weighted by Crippen LogP contribution is 2.35. The molecule has 0 spiro atoms. The van der Waals surface area contributed by atoms with E-state index in [-0.39, 0.29) is 12.2 Å². The van der Waals surface area contributed by atoms with Gasteiger partial charge in [0, 0.05) is 11.6 Å². The summed E-state index contributed by atoms with van der Waals surface area (Å²) in [5.74, 6) is 1.04. The quantitative estimate of drug-likeness (QED) is 0.423. The molecule has 1 atom stereocenters. The number of esters is 1. The van der Waals surface area contributed by atoms with Crippen LogP contribution in [0.3, 0.4) is 0 Å². The standard InChI is InChI=1S/C28H28N2O6S/c1-6-36-27(32)25-17(2)29-28-30(20(25)13-12-18-10-8-7-9-11-18)26(31)24(37-28)15-19-14-22(34-4)23(35-5)16-21(19)33-3/h7-16,20H,6H2,1-5H3/b13-12+,24-15-. The Bertz CT molecular complexity index is 1550. The van der Waals surface area contributed by atoms with Crippen LogP contribution in [-0.4, -0.2) is 38.5 Å². The van der Waals surface area contributed by atoms with E-state index in [2.05, 4.69) is 4.99 Å². The van der Waals surface area contributed by atoms with Crippen LogP contribution in [0.5, 0.6) is 17.2 Å². The number of benzene rings is 2. The topological polar surface area (TPSA) is 88.4 Å². The molecule has 0 fully saturated rings. The van der Waals surface area contributed by atoms with Crippen molar-refractivity contribution in [2.24, 2.45) is 4.99 Å². The average Bonchev–Trinajstić information content (AvgIpc) is 3.21. The first-order valence-electron chi connectivity index (χ1n) is 11.6. The first kappa shape index (κ1) is 26.0. The van der Waals surface area contributed by atoms with Crippen LogP contribution in [0.1, 0.15) is 31.0 Å². The molecule has 0 N–H and O–H groups in total. The zero-order valence-electron chi connectivity index (χ0n) is 21.3. The van der Waals surface area contributed by atoms with Crippen LogP contribution in [0.4, 0.5) is 0 Å². The van der Waals surface area contributed by atoms with Gasteiger partial charge in [-0.1, -0.05) is 53.8 Å². The zero-order valence-corrected chi connectivity index (χ0v) is 22.1. The Labute approximate surface area is 218 Å². The molecular weight excluding hydrogens is 492 g/mol. The monoisotopic (exact) mass is 520 g/mol. The second kappa shape index (κ2) is 11.3. The van der Waals surface area contributed by atoms with Crippen LogP contribution in [0.15, 0.2) is 69.6 Å². The van der Waals surface area contributed by atoms with E-state index in [1.165, 1.54) is 15.9 Å². The van der Waals surface area contributed by atoms with E-state index in [4.69, 9.17) is 18.9 Å². The van der Waals surface area contributed by atoms with Crippen LogP contribution in [0, 0.1) is 0 Å². The van der Waals surface area contributed by atoms with Crippen molar-refractivity contribution >= 4 is 29.5 Å². The number of ether oxygens (including phenoxy) is 4. The lowest BCUT2D eigenvalue weighted by molar-refractivity contribution is -0.139. The molecule has 192 valence electrons. The van der Waals surface area contributed by atoms with Crippen molar-refractivity contribution in [3.05, 3.63) is 90.6 Å². The number of rotatable bonds is 8. The fourth-order valence-corrected chi connectivity index (χ4v) is 5.14. The summed E-state index contributed by atoms with van der Waals surface area (Å²) in [5, 5.41) is 0. The second-order valence-corrected chi connectivity index (χ2v) is 9.07. The molecule has 4 rings (SSSR count). The Kier molecular flexibility index (Phi) is 7.93. The lowest BCUT2D eigenvalue weighted by atomic mass is 10.0. The van der Waals surface area contributed by atoms with E-state index in [0.29, 0.717) is 43.4 Å². The average molecular weight is 521 g/mol. The van der Waals surface area contributed by atoms with Gasteiger partial charge in [0.05, 0.1) is 49.8 Å². The van der Waals surface area contributed by atoms with E-state index in [9.17, 15) is 9.59 Å². The number of nitrogens with zero attached hydrogens (tertiary/aromatic N) is 2. The van der Waals surface area contributed by atoms with Crippen molar-refractivity contribution < 1.29 is 23.7 Å². The van der Waals surface area contributed by atoms with Gasteiger partial charge in [-0.2, -0.15) is 0 Å². The molecule has 1 aromatic heterocycles. The minimum absolute atomic E-state index is 0.217. The minimum Gasteiger partial charge on any atom is -0.496 e. The normalized spacial score (nSPS) is 15.4. The Balaban J connectivity index is 1.90. The predicted molar refractivity (Wildman–Crippen MR) is 143 cm³/mol. The third-order valence-corrected chi connectivity index (χ3v) is 6.84. The summed E-state index contributed by atoms with van der Waals surface area (Å²) in [4.78, 5) is 31.7. The lowest BCUT2D eigenvalue weighted by Crippen LogP contribution is -2.38. The predicted octanol–water partition coefficient (Wildman–Crippen LogP) is 3.49. The number of hydrogen-bond donors (Lipinski definition) is 0. The van der Waals surface area contributed by atoms with Gasteiger partial charge in [0.2, 0.25) is 0 Å². The largest absolute Gasteiger partial charge is 0.496 e. The van der Waals surface area contributed by atoms with Gasteiger partial charge < -0.3 is 18.9 Å². The lowest BCUT2D eigenvalue weighted by Gasteiger charge is -2.21. The number of carbonyl (C=O) groups excluding carboxylic acids is 1. The van der Waals surface area contributed by atoms with Crippen LogP contribution < -0.4 is 29.1 Å². The van der Waals surface area contributed by atoms with Crippen molar-refractivity contribution in [1.29, 1.82) is 0 Å². The molecule has 37 heavy (non-hydrogen) atoms. The van der Waals surface area contributed by atoms with Crippen molar-refractivity contribution in [2.75, 3.05) is 27.9 Å². The minimum atomic E-state index is -0.676. The highest BCUT2D eigenvalue weighted by molar-refractivity contribution is 7.07. The molecule has 9 heteroatoms. The van der Waals surface area contributed by atoms with Crippen LogP contribution in [0.2, 0.25) is 0 Å². The van der Waals surface area contributed by atoms with Crippen LogP contribution >= 0.6 is 11.3 Å². The highest BCUT2D eigenvalue weighted by atomic mass is 32.1. The highest BCUT2D eigenvalue weighted by Gasteiger charge is 2.30. The summed E-state index contributed by atoms with van der Waals surface area (Å²) in [5.41, 5.74) is 2.15. The maximum Gasteiger partial charge on any atom is 0.338 e. The van der Waals surface area contributed by atoms with Gasteiger partial charge in [0.25, 0.3) is 5.56 Å². The van der Waals surface area contributed by atoms with E-state index in [1.807, 2.05) is 42.5 Å². The number of aromatic nitrogens is 1. The summed E-state index contributed by atoms with van der Waals surface area (Å²) >= 11 is 1.24. The van der Waals surface area contributed by atoms with Gasteiger partial charge in [-0.25, -0.2) is 9.79 Å². The third kappa shape index (κ3) is 5.22. The molecule has 1 aliphatic heterocycles. The summed E-state index contributed by atoms with van der Waals surface area (Å²) in [6.07, 6.45) is 5.45. The number of fused-ring (bicyclic) bond motifs is 1. The van der Waals surface area contributed by atoms with Gasteiger partial charge in [-0.05, 0) is 31.6 Å². The van der Waals surface area contributed by atoms with Gasteiger partial charge in [0.15, 0.2) is 16.3 Å². The fraction of sp³-hybridized carbons (Fsp3) is 0.250. The molecule has 2 aromatic carbocycles. The molecule has 0 saturated carbocycles.